The number of nitrogens with zero attached hydrogens (tertiary/aromatic N) is 4. The van der Waals surface area contributed by atoms with Crippen molar-refractivity contribution < 1.29 is 13.2 Å². The summed E-state index contributed by atoms with van der Waals surface area (Å²) in [4.78, 5) is 13.8. The maximum absolute atomic E-state index is 12.9. The summed E-state index contributed by atoms with van der Waals surface area (Å²) in [5.74, 6) is 1.72. The lowest BCUT2D eigenvalue weighted by atomic mass is 10.2. The largest absolute Gasteiger partial charge is 0.493 e. The fraction of sp³-hybridized carbons (Fsp3) is 0.115. The maximum atomic E-state index is 12.9. The Morgan fingerprint density at radius 3 is 2.73 bits per heavy atom. The fourth-order valence-electron chi connectivity index (χ4n) is 4.33. The molecule has 37 heavy (non-hydrogen) atoms. The first-order valence-corrected chi connectivity index (χ1v) is 13.8. The van der Waals surface area contributed by atoms with Crippen LogP contribution in [0, 0.1) is 0 Å². The van der Waals surface area contributed by atoms with Crippen molar-refractivity contribution in [3.05, 3.63) is 88.7 Å². The van der Waals surface area contributed by atoms with Crippen LogP contribution in [0.4, 0.5) is 5.82 Å². The molecule has 0 amide bonds. The Bertz CT molecular complexity index is 1750. The lowest BCUT2D eigenvalue weighted by molar-refractivity contribution is 0.356. The van der Waals surface area contributed by atoms with Crippen molar-refractivity contribution in [3.8, 4) is 22.8 Å². The normalized spacial score (nSPS) is 13.0. The Balaban J connectivity index is 1.30. The molecule has 3 N–H and O–H groups in total. The Morgan fingerprint density at radius 1 is 1.08 bits per heavy atom. The number of benzene rings is 2. The van der Waals surface area contributed by atoms with Crippen molar-refractivity contribution in [2.75, 3.05) is 12.3 Å². The Labute approximate surface area is 221 Å². The highest BCUT2D eigenvalue weighted by Crippen LogP contribution is 2.31. The average Bonchev–Trinajstić information content (AvgIpc) is 3.52. The van der Waals surface area contributed by atoms with Crippen molar-refractivity contribution in [3.63, 3.8) is 0 Å². The SMILES string of the molecule is Nc1ncccc1-c1nc2cc(Br)cnc2n1-c1ccc(CNS(=O)(=O)c2ccc3c(c2)CCO3)cc1. The molecule has 0 radical (unpaired) electrons. The van der Waals surface area contributed by atoms with Gasteiger partial charge < -0.3 is 10.5 Å². The molecule has 0 saturated carbocycles. The van der Waals surface area contributed by atoms with Gasteiger partial charge in [-0.2, -0.15) is 0 Å². The van der Waals surface area contributed by atoms with Crippen LogP contribution in [0.3, 0.4) is 0 Å². The van der Waals surface area contributed by atoms with Gasteiger partial charge in [-0.05, 0) is 75.6 Å². The summed E-state index contributed by atoms with van der Waals surface area (Å²) in [5.41, 5.74) is 10.7. The van der Waals surface area contributed by atoms with E-state index in [4.69, 9.17) is 15.5 Å². The van der Waals surface area contributed by atoms with E-state index in [1.165, 1.54) is 0 Å². The zero-order valence-corrected chi connectivity index (χ0v) is 21.8. The van der Waals surface area contributed by atoms with Crippen molar-refractivity contribution in [1.29, 1.82) is 0 Å². The van der Waals surface area contributed by atoms with Gasteiger partial charge in [0.15, 0.2) is 11.5 Å². The van der Waals surface area contributed by atoms with Gasteiger partial charge >= 0.3 is 0 Å². The predicted octanol–water partition coefficient (Wildman–Crippen LogP) is 4.24. The third-order valence-electron chi connectivity index (χ3n) is 6.18. The lowest BCUT2D eigenvalue weighted by Crippen LogP contribution is -2.23. The Kier molecular flexibility index (Phi) is 5.90. The van der Waals surface area contributed by atoms with Gasteiger partial charge in [0.1, 0.15) is 17.1 Å². The first-order chi connectivity index (χ1) is 17.9. The fourth-order valence-corrected chi connectivity index (χ4v) is 5.71. The number of sulfonamides is 1. The highest BCUT2D eigenvalue weighted by atomic mass is 79.9. The van der Waals surface area contributed by atoms with Crippen LogP contribution >= 0.6 is 15.9 Å². The topological polar surface area (TPSA) is 125 Å². The van der Waals surface area contributed by atoms with Gasteiger partial charge in [-0.15, -0.1) is 0 Å². The molecule has 5 aromatic rings. The number of anilines is 1. The smallest absolute Gasteiger partial charge is 0.240 e. The van der Waals surface area contributed by atoms with Crippen LogP contribution in [0.15, 0.2) is 82.4 Å². The van der Waals surface area contributed by atoms with Crippen molar-refractivity contribution in [2.24, 2.45) is 0 Å². The number of nitrogen functional groups attached to an aromatic ring is 1. The Hall–Kier alpha value is -3.80. The monoisotopic (exact) mass is 576 g/mol. The predicted molar refractivity (Wildman–Crippen MR) is 144 cm³/mol. The summed E-state index contributed by atoms with van der Waals surface area (Å²) in [6.07, 6.45) is 4.06. The molecule has 0 aliphatic carbocycles. The summed E-state index contributed by atoms with van der Waals surface area (Å²) in [6, 6.07) is 18.1. The van der Waals surface area contributed by atoms with E-state index in [1.54, 1.807) is 30.6 Å². The van der Waals surface area contributed by atoms with Gasteiger partial charge in [0.2, 0.25) is 10.0 Å². The molecule has 0 fully saturated rings. The maximum Gasteiger partial charge on any atom is 0.240 e. The zero-order valence-electron chi connectivity index (χ0n) is 19.4. The quantitative estimate of drug-likeness (QED) is 0.309. The van der Waals surface area contributed by atoms with E-state index < -0.39 is 10.0 Å². The number of ether oxygens (including phenoxy) is 1. The molecule has 6 rings (SSSR count). The second-order valence-corrected chi connectivity index (χ2v) is 11.2. The molecule has 186 valence electrons. The van der Waals surface area contributed by atoms with Gasteiger partial charge in [0.25, 0.3) is 0 Å². The molecule has 4 heterocycles. The number of pyridine rings is 2. The van der Waals surface area contributed by atoms with Gasteiger partial charge in [0.05, 0.1) is 17.1 Å². The van der Waals surface area contributed by atoms with E-state index in [-0.39, 0.29) is 11.4 Å². The van der Waals surface area contributed by atoms with E-state index in [0.29, 0.717) is 41.4 Å². The van der Waals surface area contributed by atoms with E-state index in [1.807, 2.05) is 47.0 Å². The number of nitrogens with one attached hydrogen (secondary N) is 1. The molecule has 3 aromatic heterocycles. The second-order valence-electron chi connectivity index (χ2n) is 8.56. The molecule has 1 aliphatic heterocycles. The van der Waals surface area contributed by atoms with Gasteiger partial charge in [0, 0.05) is 35.5 Å². The van der Waals surface area contributed by atoms with Crippen molar-refractivity contribution >= 4 is 42.9 Å². The average molecular weight is 577 g/mol. The van der Waals surface area contributed by atoms with Crippen molar-refractivity contribution in [2.45, 2.75) is 17.9 Å². The first kappa shape index (κ1) is 23.6. The molecule has 0 saturated heterocycles. The highest BCUT2D eigenvalue weighted by molar-refractivity contribution is 9.10. The minimum atomic E-state index is -3.67. The number of halogens is 1. The number of nitrogens with two attached hydrogens (primary N) is 1. The Morgan fingerprint density at radius 2 is 1.92 bits per heavy atom. The molecule has 2 aromatic carbocycles. The van der Waals surface area contributed by atoms with Crippen LogP contribution in [0.5, 0.6) is 5.75 Å². The summed E-state index contributed by atoms with van der Waals surface area (Å²) in [7, 11) is -3.67. The number of imidazole rings is 1. The van der Waals surface area contributed by atoms with E-state index in [0.717, 1.165) is 27.0 Å². The molecular weight excluding hydrogens is 556 g/mol. The summed E-state index contributed by atoms with van der Waals surface area (Å²) in [6.45, 7) is 0.723. The van der Waals surface area contributed by atoms with E-state index in [9.17, 15) is 8.42 Å². The molecular formula is C26H21BrN6O3S. The standard InChI is InChI=1S/C26H21BrN6O3S/c27-18-13-22-26(30-15-18)33(25(32-22)21-2-1-10-29-24(21)28)19-5-3-16(4-6-19)14-31-37(34,35)20-7-8-23-17(12-20)9-11-36-23/h1-8,10,12-13,15,31H,9,11,14H2,(H2,28,29). The van der Waals surface area contributed by atoms with Crippen molar-refractivity contribution in [1.82, 2.24) is 24.2 Å². The molecule has 11 heteroatoms. The third kappa shape index (κ3) is 4.45. The van der Waals surface area contributed by atoms with Crippen LogP contribution in [-0.2, 0) is 23.0 Å². The molecule has 1 aliphatic rings. The third-order valence-corrected chi connectivity index (χ3v) is 8.01. The first-order valence-electron chi connectivity index (χ1n) is 11.5. The van der Waals surface area contributed by atoms with Gasteiger partial charge in [-0.3, -0.25) is 4.57 Å². The summed E-state index contributed by atoms with van der Waals surface area (Å²) < 4.78 is 36.6. The molecule has 0 atom stereocenters. The molecule has 0 spiro atoms. The molecule has 0 bridgehead atoms. The summed E-state index contributed by atoms with van der Waals surface area (Å²) in [5, 5.41) is 0. The highest BCUT2D eigenvalue weighted by Gasteiger charge is 2.20. The van der Waals surface area contributed by atoms with Crippen LogP contribution in [-0.4, -0.2) is 34.5 Å². The lowest BCUT2D eigenvalue weighted by Gasteiger charge is -2.12. The zero-order chi connectivity index (χ0) is 25.6. The number of hydrogen-bond donors (Lipinski definition) is 2. The van der Waals surface area contributed by atoms with Crippen LogP contribution in [0.25, 0.3) is 28.2 Å². The van der Waals surface area contributed by atoms with Gasteiger partial charge in [-0.1, -0.05) is 12.1 Å². The second kappa shape index (κ2) is 9.25. The molecule has 9 nitrogen and oxygen atoms in total. The van der Waals surface area contributed by atoms with Crippen LogP contribution in [0.1, 0.15) is 11.1 Å². The number of hydrogen-bond acceptors (Lipinski definition) is 7. The molecule has 0 unspecified atom stereocenters. The van der Waals surface area contributed by atoms with Crippen LogP contribution < -0.4 is 15.2 Å². The number of rotatable bonds is 6. The minimum Gasteiger partial charge on any atom is -0.493 e. The van der Waals surface area contributed by atoms with Crippen LogP contribution in [0.2, 0.25) is 0 Å². The number of fused-ring (bicyclic) bond motifs is 2. The minimum absolute atomic E-state index is 0.147. The van der Waals surface area contributed by atoms with E-state index >= 15 is 0 Å². The van der Waals surface area contributed by atoms with E-state index in [2.05, 4.69) is 30.6 Å². The summed E-state index contributed by atoms with van der Waals surface area (Å²) >= 11 is 3.46. The van der Waals surface area contributed by atoms with Gasteiger partial charge in [-0.25, -0.2) is 28.1 Å². The number of aromatic nitrogens is 4.